The molecule has 0 aliphatic heterocycles. The summed E-state index contributed by atoms with van der Waals surface area (Å²) in [6, 6.07) is 2.13. The molecule has 50 valence electrons. The van der Waals surface area contributed by atoms with Gasteiger partial charge in [0.2, 0.25) is 0 Å². The number of halogens is 2. The van der Waals surface area contributed by atoms with Gasteiger partial charge in [-0.3, -0.25) is 0 Å². The molecule has 0 saturated heterocycles. The first-order valence-electron chi connectivity index (χ1n) is 2.67. The Labute approximate surface area is 77.4 Å². The Balaban J connectivity index is 3.01. The summed E-state index contributed by atoms with van der Waals surface area (Å²) in [5.74, 6) is 0. The third kappa shape index (κ3) is 1.82. The summed E-state index contributed by atoms with van der Waals surface area (Å²) in [5, 5.41) is 0. The molecule has 1 aromatic rings. The first-order valence-corrected chi connectivity index (χ1v) is 4.95. The molecule has 0 aliphatic carbocycles. The summed E-state index contributed by atoms with van der Waals surface area (Å²) in [7, 11) is 0. The third-order valence-electron chi connectivity index (χ3n) is 1.11. The highest BCUT2D eigenvalue weighted by Crippen LogP contribution is 2.28. The Hall–Kier alpha value is 0.720. The smallest absolute Gasteiger partial charge is 0.0971 e. The van der Waals surface area contributed by atoms with Gasteiger partial charge in [0.15, 0.2) is 0 Å². The van der Waals surface area contributed by atoms with Gasteiger partial charge in [-0.05, 0) is 40.6 Å². The van der Waals surface area contributed by atoms with Crippen LogP contribution in [0.1, 0.15) is 12.5 Å². The molecule has 0 bridgehead atoms. The molecule has 9 heavy (non-hydrogen) atoms. The normalized spacial score (nSPS) is 10.1. The molecule has 0 unspecified atom stereocenters. The lowest BCUT2D eigenvalue weighted by Crippen LogP contribution is -1.70. The van der Waals surface area contributed by atoms with Crippen molar-refractivity contribution in [1.82, 2.24) is 0 Å². The van der Waals surface area contributed by atoms with Gasteiger partial charge in [-0.25, -0.2) is 0 Å². The summed E-state index contributed by atoms with van der Waals surface area (Å²) >= 11 is 9.79. The van der Waals surface area contributed by atoms with Crippen LogP contribution in [-0.4, -0.2) is 0 Å². The van der Waals surface area contributed by atoms with E-state index in [1.54, 1.807) is 11.3 Å². The van der Waals surface area contributed by atoms with E-state index in [4.69, 9.17) is 11.6 Å². The molecule has 3 heteroatoms. The second kappa shape index (κ2) is 3.21. The van der Waals surface area contributed by atoms with Crippen molar-refractivity contribution in [3.8, 4) is 0 Å². The number of rotatable bonds is 1. The maximum atomic E-state index is 5.86. The predicted octanol–water partition coefficient (Wildman–Crippen LogP) is 3.57. The fraction of sp³-hybridized carbons (Fsp3) is 0.333. The molecule has 0 fully saturated rings. The van der Waals surface area contributed by atoms with Crippen LogP contribution in [0.3, 0.4) is 0 Å². The lowest BCUT2D eigenvalue weighted by atomic mass is 10.3. The summed E-state index contributed by atoms with van der Waals surface area (Å²) in [6.45, 7) is 2.12. The molecule has 0 spiro atoms. The van der Waals surface area contributed by atoms with Gasteiger partial charge >= 0.3 is 0 Å². The molecule has 1 aromatic heterocycles. The fourth-order valence-corrected chi connectivity index (χ4v) is 3.19. The van der Waals surface area contributed by atoms with Crippen molar-refractivity contribution >= 4 is 45.5 Å². The zero-order valence-corrected chi connectivity index (χ0v) is 8.68. The van der Waals surface area contributed by atoms with Gasteiger partial charge in [0, 0.05) is 0 Å². The monoisotopic (exact) mass is 272 g/mol. The van der Waals surface area contributed by atoms with Crippen molar-refractivity contribution in [2.24, 2.45) is 0 Å². The van der Waals surface area contributed by atoms with Crippen LogP contribution in [0.4, 0.5) is 0 Å². The second-order valence-electron chi connectivity index (χ2n) is 1.70. The van der Waals surface area contributed by atoms with E-state index in [0.29, 0.717) is 0 Å². The Bertz CT molecular complexity index is 207. The zero-order valence-electron chi connectivity index (χ0n) is 4.95. The molecule has 0 aromatic carbocycles. The van der Waals surface area contributed by atoms with Gasteiger partial charge in [0.05, 0.1) is 7.22 Å². The first kappa shape index (κ1) is 7.82. The Kier molecular flexibility index (Phi) is 2.79. The standard InChI is InChI=1S/C6H6ClIS/c1-2-4-3-5(8)9-6(4)7/h3H,2H2,1H3. The largest absolute Gasteiger partial charge is 0.117 e. The highest BCUT2D eigenvalue weighted by atomic mass is 127. The van der Waals surface area contributed by atoms with Gasteiger partial charge < -0.3 is 0 Å². The predicted molar refractivity (Wildman–Crippen MR) is 51.4 cm³/mol. The minimum Gasteiger partial charge on any atom is -0.117 e. The average molecular weight is 273 g/mol. The molecular weight excluding hydrogens is 266 g/mol. The number of hydrogen-bond donors (Lipinski definition) is 0. The minimum absolute atomic E-state index is 0.946. The zero-order chi connectivity index (χ0) is 6.85. The van der Waals surface area contributed by atoms with E-state index < -0.39 is 0 Å². The van der Waals surface area contributed by atoms with Crippen LogP contribution >= 0.6 is 45.5 Å². The van der Waals surface area contributed by atoms with Crippen molar-refractivity contribution in [2.45, 2.75) is 13.3 Å². The van der Waals surface area contributed by atoms with Crippen molar-refractivity contribution < 1.29 is 0 Å². The van der Waals surface area contributed by atoms with E-state index >= 15 is 0 Å². The van der Waals surface area contributed by atoms with E-state index in [0.717, 1.165) is 10.8 Å². The van der Waals surface area contributed by atoms with Crippen LogP contribution in [0.25, 0.3) is 0 Å². The van der Waals surface area contributed by atoms with Crippen LogP contribution in [0, 0.1) is 2.88 Å². The van der Waals surface area contributed by atoms with E-state index in [1.807, 2.05) is 0 Å². The lowest BCUT2D eigenvalue weighted by molar-refractivity contribution is 1.15. The van der Waals surface area contributed by atoms with Crippen LogP contribution < -0.4 is 0 Å². The fourth-order valence-electron chi connectivity index (χ4n) is 0.615. The van der Waals surface area contributed by atoms with Gasteiger partial charge in [-0.2, -0.15) is 0 Å². The molecule has 0 nitrogen and oxygen atoms in total. The minimum atomic E-state index is 0.946. The maximum absolute atomic E-state index is 5.86. The quantitative estimate of drug-likeness (QED) is 0.686. The van der Waals surface area contributed by atoms with Crippen LogP contribution in [0.15, 0.2) is 6.07 Å². The van der Waals surface area contributed by atoms with E-state index in [2.05, 4.69) is 35.6 Å². The second-order valence-corrected chi connectivity index (χ2v) is 5.25. The van der Waals surface area contributed by atoms with Crippen LogP contribution in [-0.2, 0) is 6.42 Å². The molecular formula is C6H6ClIS. The Morgan fingerprint density at radius 1 is 1.78 bits per heavy atom. The number of hydrogen-bond acceptors (Lipinski definition) is 1. The first-order chi connectivity index (χ1) is 4.24. The van der Waals surface area contributed by atoms with E-state index in [1.165, 1.54) is 8.45 Å². The van der Waals surface area contributed by atoms with E-state index in [-0.39, 0.29) is 0 Å². The molecule has 0 saturated carbocycles. The summed E-state index contributed by atoms with van der Waals surface area (Å²) in [5.41, 5.74) is 1.27. The molecule has 1 heterocycles. The van der Waals surface area contributed by atoms with Crippen LogP contribution in [0.2, 0.25) is 4.34 Å². The van der Waals surface area contributed by atoms with Gasteiger partial charge in [0.1, 0.15) is 0 Å². The highest BCUT2D eigenvalue weighted by molar-refractivity contribution is 14.1. The number of thiophene rings is 1. The maximum Gasteiger partial charge on any atom is 0.0971 e. The van der Waals surface area contributed by atoms with Gasteiger partial charge in [-0.15, -0.1) is 11.3 Å². The van der Waals surface area contributed by atoms with Crippen molar-refractivity contribution in [3.63, 3.8) is 0 Å². The lowest BCUT2D eigenvalue weighted by Gasteiger charge is -1.85. The Morgan fingerprint density at radius 3 is 2.67 bits per heavy atom. The topological polar surface area (TPSA) is 0 Å². The van der Waals surface area contributed by atoms with Gasteiger partial charge in [-0.1, -0.05) is 18.5 Å². The molecule has 0 atom stereocenters. The van der Waals surface area contributed by atoms with Crippen molar-refractivity contribution in [1.29, 1.82) is 0 Å². The van der Waals surface area contributed by atoms with Crippen molar-refractivity contribution in [2.75, 3.05) is 0 Å². The molecule has 0 aliphatic rings. The van der Waals surface area contributed by atoms with Crippen molar-refractivity contribution in [3.05, 3.63) is 18.9 Å². The summed E-state index contributed by atoms with van der Waals surface area (Å²) < 4.78 is 2.22. The molecule has 0 radical (unpaired) electrons. The average Bonchev–Trinajstić information content (AvgIpc) is 2.10. The molecule has 1 rings (SSSR count). The summed E-state index contributed by atoms with van der Waals surface area (Å²) in [6.07, 6.45) is 1.04. The Morgan fingerprint density at radius 2 is 2.44 bits per heavy atom. The third-order valence-corrected chi connectivity index (χ3v) is 3.31. The van der Waals surface area contributed by atoms with Crippen LogP contribution in [0.5, 0.6) is 0 Å². The number of aryl methyl sites for hydroxylation is 1. The van der Waals surface area contributed by atoms with E-state index in [9.17, 15) is 0 Å². The molecule has 0 amide bonds. The SMILES string of the molecule is CCc1cc(I)sc1Cl. The molecule has 0 N–H and O–H groups in total. The van der Waals surface area contributed by atoms with Gasteiger partial charge in [0.25, 0.3) is 0 Å². The highest BCUT2D eigenvalue weighted by Gasteiger charge is 2.01. The summed E-state index contributed by atoms with van der Waals surface area (Å²) in [4.78, 5) is 0.